The van der Waals surface area contributed by atoms with E-state index in [0.717, 1.165) is 0 Å². The smallest absolute Gasteiger partial charge is 0.312 e. The largest absolute Gasteiger partial charge is 0.465 e. The highest BCUT2D eigenvalue weighted by molar-refractivity contribution is 5.85. The summed E-state index contributed by atoms with van der Waals surface area (Å²) in [6.45, 7) is 15.3. The van der Waals surface area contributed by atoms with E-state index in [2.05, 4.69) is 0 Å². The van der Waals surface area contributed by atoms with Crippen LogP contribution in [0.4, 0.5) is 0 Å². The molecule has 0 aliphatic rings. The molecule has 0 saturated heterocycles. The number of carbonyl (C=O) groups is 2. The van der Waals surface area contributed by atoms with Crippen LogP contribution in [0.1, 0.15) is 55.4 Å². The molecule has 0 bridgehead atoms. The van der Waals surface area contributed by atoms with E-state index < -0.39 is 11.3 Å². The highest BCUT2D eigenvalue weighted by Gasteiger charge is 2.45. The van der Waals surface area contributed by atoms with Gasteiger partial charge in [0, 0.05) is 0 Å². The van der Waals surface area contributed by atoms with Crippen LogP contribution in [-0.4, -0.2) is 24.6 Å². The minimum Gasteiger partial charge on any atom is -0.465 e. The molecule has 4 heteroatoms. The fourth-order valence-corrected chi connectivity index (χ4v) is 2.26. The Morgan fingerprint density at radius 2 is 1.50 bits per heavy atom. The topological polar surface area (TPSA) is 52.6 Å². The second-order valence-corrected chi connectivity index (χ2v) is 6.92. The summed E-state index contributed by atoms with van der Waals surface area (Å²) >= 11 is 0. The Hall–Kier alpha value is -1.06. The maximum Gasteiger partial charge on any atom is 0.312 e. The van der Waals surface area contributed by atoms with E-state index in [4.69, 9.17) is 9.47 Å². The maximum absolute atomic E-state index is 12.3. The van der Waals surface area contributed by atoms with Crippen molar-refractivity contribution in [1.82, 2.24) is 0 Å². The third-order valence-electron chi connectivity index (χ3n) is 3.12. The number of hydrogen-bond acceptors (Lipinski definition) is 4. The summed E-state index contributed by atoms with van der Waals surface area (Å²) in [5.41, 5.74) is -0.894. The number of rotatable bonds is 7. The van der Waals surface area contributed by atoms with Crippen molar-refractivity contribution in [1.29, 1.82) is 0 Å². The van der Waals surface area contributed by atoms with Crippen molar-refractivity contribution < 1.29 is 19.1 Å². The maximum atomic E-state index is 12.3. The number of esters is 2. The van der Waals surface area contributed by atoms with E-state index in [0.29, 0.717) is 6.61 Å². The van der Waals surface area contributed by atoms with Gasteiger partial charge in [0.1, 0.15) is 0 Å². The normalized spacial score (nSPS) is 13.8. The zero-order valence-electron chi connectivity index (χ0n) is 14.1. The lowest BCUT2D eigenvalue weighted by Crippen LogP contribution is -2.43. The van der Waals surface area contributed by atoms with Crippen LogP contribution in [0.2, 0.25) is 0 Å². The van der Waals surface area contributed by atoms with Crippen LogP contribution in [-0.2, 0) is 19.1 Å². The lowest BCUT2D eigenvalue weighted by molar-refractivity contribution is -0.172. The van der Waals surface area contributed by atoms with Crippen molar-refractivity contribution in [3.63, 3.8) is 0 Å². The van der Waals surface area contributed by atoms with Crippen LogP contribution >= 0.6 is 0 Å². The first-order chi connectivity index (χ1) is 9.00. The highest BCUT2D eigenvalue weighted by atomic mass is 16.5. The van der Waals surface area contributed by atoms with Crippen LogP contribution in [0, 0.1) is 23.2 Å². The standard InChI is InChI=1S/C16H30O4/c1-10(2)9-19-15(18)16(7,8)13(11(3)4)14(17)20-12(5)6/h10-13H,9H2,1-8H3. The van der Waals surface area contributed by atoms with Crippen LogP contribution in [0.5, 0.6) is 0 Å². The van der Waals surface area contributed by atoms with Gasteiger partial charge in [0.25, 0.3) is 0 Å². The van der Waals surface area contributed by atoms with Crippen LogP contribution < -0.4 is 0 Å². The Morgan fingerprint density at radius 1 is 1.00 bits per heavy atom. The van der Waals surface area contributed by atoms with E-state index in [-0.39, 0.29) is 29.9 Å². The van der Waals surface area contributed by atoms with E-state index in [1.165, 1.54) is 0 Å². The average molecular weight is 286 g/mol. The third-order valence-corrected chi connectivity index (χ3v) is 3.12. The first-order valence-corrected chi connectivity index (χ1v) is 7.37. The van der Waals surface area contributed by atoms with Gasteiger partial charge in [-0.25, -0.2) is 0 Å². The Morgan fingerprint density at radius 3 is 1.85 bits per heavy atom. The molecule has 4 nitrogen and oxygen atoms in total. The van der Waals surface area contributed by atoms with Gasteiger partial charge in [-0.1, -0.05) is 27.7 Å². The van der Waals surface area contributed by atoms with Crippen molar-refractivity contribution in [2.75, 3.05) is 6.61 Å². The highest BCUT2D eigenvalue weighted by Crippen LogP contribution is 2.35. The van der Waals surface area contributed by atoms with Crippen molar-refractivity contribution in [3.8, 4) is 0 Å². The monoisotopic (exact) mass is 286 g/mol. The molecule has 0 amide bonds. The molecule has 0 aromatic heterocycles. The molecule has 20 heavy (non-hydrogen) atoms. The van der Waals surface area contributed by atoms with Crippen molar-refractivity contribution in [2.24, 2.45) is 23.2 Å². The second-order valence-electron chi connectivity index (χ2n) is 6.92. The number of hydrogen-bond donors (Lipinski definition) is 0. The molecule has 0 aliphatic carbocycles. The van der Waals surface area contributed by atoms with Gasteiger partial charge in [0.05, 0.1) is 24.0 Å². The van der Waals surface area contributed by atoms with Crippen LogP contribution in [0.15, 0.2) is 0 Å². The van der Waals surface area contributed by atoms with Gasteiger partial charge in [-0.05, 0) is 39.5 Å². The summed E-state index contributed by atoms with van der Waals surface area (Å²) in [4.78, 5) is 24.5. The lowest BCUT2D eigenvalue weighted by atomic mass is 9.73. The first kappa shape index (κ1) is 18.9. The Balaban J connectivity index is 5.05. The van der Waals surface area contributed by atoms with Crippen molar-refractivity contribution in [2.45, 2.75) is 61.5 Å². The molecule has 0 fully saturated rings. The minimum absolute atomic E-state index is 0.00264. The van der Waals surface area contributed by atoms with Gasteiger partial charge < -0.3 is 9.47 Å². The zero-order chi connectivity index (χ0) is 16.1. The van der Waals surface area contributed by atoms with Crippen LogP contribution in [0.25, 0.3) is 0 Å². The minimum atomic E-state index is -0.894. The fraction of sp³-hybridized carbons (Fsp3) is 0.875. The number of ether oxygens (including phenoxy) is 2. The summed E-state index contributed by atoms with van der Waals surface area (Å²) in [5, 5.41) is 0. The summed E-state index contributed by atoms with van der Waals surface area (Å²) in [7, 11) is 0. The second kappa shape index (κ2) is 7.65. The molecule has 0 N–H and O–H groups in total. The summed E-state index contributed by atoms with van der Waals surface area (Å²) in [5.74, 6) is -0.908. The zero-order valence-corrected chi connectivity index (χ0v) is 14.1. The lowest BCUT2D eigenvalue weighted by Gasteiger charge is -2.33. The molecule has 0 saturated carbocycles. The summed E-state index contributed by atoms with van der Waals surface area (Å²) in [6.07, 6.45) is -0.189. The molecule has 0 heterocycles. The Kier molecular flexibility index (Phi) is 7.25. The van der Waals surface area contributed by atoms with Gasteiger partial charge in [-0.15, -0.1) is 0 Å². The van der Waals surface area contributed by atoms with E-state index in [1.54, 1.807) is 27.7 Å². The predicted octanol–water partition coefficient (Wildman–Crippen LogP) is 3.44. The molecule has 118 valence electrons. The molecule has 1 atom stereocenters. The molecule has 0 rings (SSSR count). The fourth-order valence-electron chi connectivity index (χ4n) is 2.26. The van der Waals surface area contributed by atoms with Gasteiger partial charge >= 0.3 is 11.9 Å². The number of carbonyl (C=O) groups excluding carboxylic acids is 2. The van der Waals surface area contributed by atoms with Gasteiger partial charge in [0.2, 0.25) is 0 Å². The molecule has 0 aromatic carbocycles. The molecule has 0 aliphatic heterocycles. The molecule has 0 aromatic rings. The molecule has 0 spiro atoms. The van der Waals surface area contributed by atoms with E-state index >= 15 is 0 Å². The summed E-state index contributed by atoms with van der Waals surface area (Å²) < 4.78 is 10.6. The van der Waals surface area contributed by atoms with E-state index in [9.17, 15) is 9.59 Å². The van der Waals surface area contributed by atoms with Gasteiger partial charge in [0.15, 0.2) is 0 Å². The SMILES string of the molecule is CC(C)COC(=O)C(C)(C)C(C(=O)OC(C)C)C(C)C. The molecule has 1 unspecified atom stereocenters. The average Bonchev–Trinajstić information content (AvgIpc) is 2.23. The predicted molar refractivity (Wildman–Crippen MR) is 79.1 cm³/mol. The quantitative estimate of drug-likeness (QED) is 0.673. The van der Waals surface area contributed by atoms with E-state index in [1.807, 2.05) is 27.7 Å². The van der Waals surface area contributed by atoms with Crippen LogP contribution in [0.3, 0.4) is 0 Å². The Labute approximate surface area is 123 Å². The van der Waals surface area contributed by atoms with Gasteiger partial charge in [-0.2, -0.15) is 0 Å². The molecule has 0 radical (unpaired) electrons. The molecular formula is C16H30O4. The van der Waals surface area contributed by atoms with Crippen molar-refractivity contribution >= 4 is 11.9 Å². The Bertz CT molecular complexity index is 329. The van der Waals surface area contributed by atoms with Gasteiger partial charge in [-0.3, -0.25) is 9.59 Å². The molecular weight excluding hydrogens is 256 g/mol. The van der Waals surface area contributed by atoms with Crippen molar-refractivity contribution in [3.05, 3.63) is 0 Å². The summed E-state index contributed by atoms with van der Waals surface area (Å²) in [6, 6.07) is 0. The third kappa shape index (κ3) is 5.51. The first-order valence-electron chi connectivity index (χ1n) is 7.37.